The number of nitro benzene ring substituents is 1. The molecule has 3 aromatic carbocycles. The van der Waals surface area contributed by atoms with Crippen LogP contribution in [-0.2, 0) is 20.7 Å². The Labute approximate surface area is 207 Å². The first-order chi connectivity index (χ1) is 17.5. The van der Waals surface area contributed by atoms with Crippen molar-refractivity contribution in [3.05, 3.63) is 100 Å². The molecule has 0 saturated heterocycles. The molecule has 1 aliphatic rings. The number of carbonyl (C=O) groups excluding carboxylic acids is 2. The van der Waals surface area contributed by atoms with Gasteiger partial charge in [-0.2, -0.15) is 0 Å². The van der Waals surface area contributed by atoms with Crippen LogP contribution in [-0.4, -0.2) is 39.5 Å². The number of anilines is 1. The predicted molar refractivity (Wildman–Crippen MR) is 134 cm³/mol. The lowest BCUT2D eigenvalue weighted by molar-refractivity contribution is -0.384. The summed E-state index contributed by atoms with van der Waals surface area (Å²) in [4.78, 5) is 44.2. The topological polar surface area (TPSA) is 108 Å². The number of rotatable bonds is 7. The second-order valence-corrected chi connectivity index (χ2v) is 8.52. The van der Waals surface area contributed by atoms with E-state index in [-0.39, 0.29) is 12.3 Å². The number of amides is 1. The summed E-state index contributed by atoms with van der Waals surface area (Å²) >= 11 is 0. The molecule has 0 unspecified atom stereocenters. The van der Waals surface area contributed by atoms with Gasteiger partial charge in [0.2, 0.25) is 11.9 Å². The maximum Gasteiger partial charge on any atom is 0.321 e. The highest BCUT2D eigenvalue weighted by Gasteiger charge is 2.47. The minimum absolute atomic E-state index is 0.0752. The van der Waals surface area contributed by atoms with Gasteiger partial charge in [-0.1, -0.05) is 54.6 Å². The molecule has 182 valence electrons. The third-order valence-corrected chi connectivity index (χ3v) is 6.40. The van der Waals surface area contributed by atoms with Crippen LogP contribution >= 0.6 is 0 Å². The molecular formula is C27H24N4O5. The quantitative estimate of drug-likeness (QED) is 0.168. The Balaban J connectivity index is 1.67. The van der Waals surface area contributed by atoms with E-state index < -0.39 is 28.8 Å². The lowest BCUT2D eigenvalue weighted by Gasteiger charge is -2.38. The highest BCUT2D eigenvalue weighted by molar-refractivity contribution is 6.08. The summed E-state index contributed by atoms with van der Waals surface area (Å²) in [6, 6.07) is 22.4. The molecule has 0 aliphatic carbocycles. The molecule has 2 atom stereocenters. The van der Waals surface area contributed by atoms with Gasteiger partial charge in [-0.15, -0.1) is 0 Å². The molecule has 9 heteroatoms. The number of nitrogens with zero attached hydrogens (tertiary/aromatic N) is 4. The fraction of sp³-hybridized carbons (Fsp3) is 0.222. The minimum Gasteiger partial charge on any atom is -0.465 e. The number of aromatic nitrogens is 2. The second-order valence-electron chi connectivity index (χ2n) is 8.52. The number of para-hydroxylation sites is 2. The second kappa shape index (κ2) is 9.61. The lowest BCUT2D eigenvalue weighted by Crippen LogP contribution is -2.50. The summed E-state index contributed by atoms with van der Waals surface area (Å²) in [5.74, 6) is -1.79. The first-order valence-electron chi connectivity index (χ1n) is 11.7. The summed E-state index contributed by atoms with van der Waals surface area (Å²) in [7, 11) is 0. The summed E-state index contributed by atoms with van der Waals surface area (Å²) in [6.07, 6.45) is 0.577. The first-order valence-corrected chi connectivity index (χ1v) is 11.7. The number of ether oxygens (including phenoxy) is 1. The predicted octanol–water partition coefficient (Wildman–Crippen LogP) is 4.30. The summed E-state index contributed by atoms with van der Waals surface area (Å²) in [5, 5.41) is 11.2. The van der Waals surface area contributed by atoms with Crippen LogP contribution in [0, 0.1) is 16.0 Å². The van der Waals surface area contributed by atoms with Gasteiger partial charge in [-0.25, -0.2) is 4.98 Å². The lowest BCUT2D eigenvalue weighted by atomic mass is 9.89. The SMILES string of the molecule is CCOC(=O)[C@H]1C(=O)N(CCc2ccccc2)c2nc3ccccc3n2[C@@H]1c1ccc([N+](=O)[O-])cc1. The summed E-state index contributed by atoms with van der Waals surface area (Å²) in [5.41, 5.74) is 3.00. The van der Waals surface area contributed by atoms with Crippen LogP contribution in [0.4, 0.5) is 11.6 Å². The van der Waals surface area contributed by atoms with Gasteiger partial charge < -0.3 is 9.30 Å². The number of benzene rings is 3. The zero-order valence-electron chi connectivity index (χ0n) is 19.6. The van der Waals surface area contributed by atoms with Crippen LogP contribution in [0.2, 0.25) is 0 Å². The molecule has 0 bridgehead atoms. The van der Waals surface area contributed by atoms with E-state index in [9.17, 15) is 19.7 Å². The van der Waals surface area contributed by atoms with Gasteiger partial charge in [0.25, 0.3) is 5.69 Å². The van der Waals surface area contributed by atoms with E-state index in [0.29, 0.717) is 30.0 Å². The summed E-state index contributed by atoms with van der Waals surface area (Å²) < 4.78 is 7.23. The van der Waals surface area contributed by atoms with E-state index in [4.69, 9.17) is 9.72 Å². The molecule has 0 spiro atoms. The van der Waals surface area contributed by atoms with Crippen LogP contribution in [0.3, 0.4) is 0 Å². The molecule has 1 aliphatic heterocycles. The summed E-state index contributed by atoms with van der Waals surface area (Å²) in [6.45, 7) is 2.14. The van der Waals surface area contributed by atoms with Crippen LogP contribution in [0.5, 0.6) is 0 Å². The molecule has 0 radical (unpaired) electrons. The van der Waals surface area contributed by atoms with Crippen LogP contribution in [0.1, 0.15) is 24.1 Å². The molecular weight excluding hydrogens is 460 g/mol. The van der Waals surface area contributed by atoms with Gasteiger partial charge in [0.1, 0.15) is 0 Å². The normalized spacial score (nSPS) is 17.1. The Morgan fingerprint density at radius 3 is 2.42 bits per heavy atom. The maximum absolute atomic E-state index is 13.9. The Morgan fingerprint density at radius 2 is 1.72 bits per heavy atom. The highest BCUT2D eigenvalue weighted by atomic mass is 16.6. The highest BCUT2D eigenvalue weighted by Crippen LogP contribution is 2.41. The number of fused-ring (bicyclic) bond motifs is 3. The van der Waals surface area contributed by atoms with Crippen LogP contribution in [0.25, 0.3) is 11.0 Å². The third-order valence-electron chi connectivity index (χ3n) is 6.40. The molecule has 0 saturated carbocycles. The zero-order valence-corrected chi connectivity index (χ0v) is 19.6. The third kappa shape index (κ3) is 4.08. The van der Waals surface area contributed by atoms with Gasteiger partial charge >= 0.3 is 5.97 Å². The minimum atomic E-state index is -1.17. The van der Waals surface area contributed by atoms with Crippen molar-refractivity contribution in [3.8, 4) is 0 Å². The fourth-order valence-electron chi connectivity index (χ4n) is 4.74. The molecule has 1 amide bonds. The van der Waals surface area contributed by atoms with E-state index in [1.54, 1.807) is 24.0 Å². The molecule has 2 heterocycles. The Hall–Kier alpha value is -4.53. The molecule has 0 fully saturated rings. The number of carbonyl (C=O) groups is 2. The van der Waals surface area contributed by atoms with Gasteiger partial charge in [-0.3, -0.25) is 24.6 Å². The van der Waals surface area contributed by atoms with Crippen molar-refractivity contribution in [3.63, 3.8) is 0 Å². The van der Waals surface area contributed by atoms with E-state index in [0.717, 1.165) is 11.1 Å². The van der Waals surface area contributed by atoms with Crippen molar-refractivity contribution in [1.82, 2.24) is 9.55 Å². The van der Waals surface area contributed by atoms with Crippen LogP contribution < -0.4 is 4.90 Å². The van der Waals surface area contributed by atoms with Crippen molar-refractivity contribution in [2.45, 2.75) is 19.4 Å². The fourth-order valence-corrected chi connectivity index (χ4v) is 4.74. The average Bonchev–Trinajstić information content (AvgIpc) is 3.27. The van der Waals surface area contributed by atoms with E-state index in [1.165, 1.54) is 12.1 Å². The Kier molecular flexibility index (Phi) is 6.20. The van der Waals surface area contributed by atoms with Crippen molar-refractivity contribution in [2.24, 2.45) is 5.92 Å². The number of nitro groups is 1. The van der Waals surface area contributed by atoms with E-state index in [2.05, 4.69) is 0 Å². The molecule has 5 rings (SSSR count). The molecule has 0 N–H and O–H groups in total. The van der Waals surface area contributed by atoms with E-state index >= 15 is 0 Å². The largest absolute Gasteiger partial charge is 0.465 e. The monoisotopic (exact) mass is 484 g/mol. The van der Waals surface area contributed by atoms with Gasteiger partial charge in [0.05, 0.1) is 28.6 Å². The number of esters is 1. The maximum atomic E-state index is 13.9. The average molecular weight is 485 g/mol. The smallest absolute Gasteiger partial charge is 0.321 e. The Bertz CT molecular complexity index is 1430. The van der Waals surface area contributed by atoms with Gasteiger partial charge in [0, 0.05) is 18.7 Å². The molecule has 1 aromatic heterocycles. The standard InChI is InChI=1S/C27H24N4O5/c1-2-36-26(33)23-24(19-12-14-20(15-13-19)31(34)35)30-22-11-7-6-10-21(22)28-27(30)29(25(23)32)17-16-18-8-4-3-5-9-18/h3-15,23-24H,2,16-17H2,1H3/t23-,24-/m1/s1. The zero-order chi connectivity index (χ0) is 25.2. The van der Waals surface area contributed by atoms with Crippen molar-refractivity contribution in [1.29, 1.82) is 0 Å². The number of hydrogen-bond donors (Lipinski definition) is 0. The number of non-ortho nitro benzene ring substituents is 1. The van der Waals surface area contributed by atoms with Crippen molar-refractivity contribution >= 4 is 34.5 Å². The van der Waals surface area contributed by atoms with Crippen molar-refractivity contribution < 1.29 is 19.2 Å². The first kappa shape index (κ1) is 23.2. The van der Waals surface area contributed by atoms with Crippen molar-refractivity contribution in [2.75, 3.05) is 18.1 Å². The molecule has 9 nitrogen and oxygen atoms in total. The number of hydrogen-bond acceptors (Lipinski definition) is 6. The molecule has 4 aromatic rings. The number of imidazole rings is 1. The van der Waals surface area contributed by atoms with Gasteiger partial charge in [0.15, 0.2) is 5.92 Å². The van der Waals surface area contributed by atoms with Gasteiger partial charge in [-0.05, 0) is 36.6 Å². The van der Waals surface area contributed by atoms with E-state index in [1.807, 2.05) is 59.2 Å². The Morgan fingerprint density at radius 1 is 1.03 bits per heavy atom. The molecule has 36 heavy (non-hydrogen) atoms. The van der Waals surface area contributed by atoms with Crippen LogP contribution in [0.15, 0.2) is 78.9 Å².